The van der Waals surface area contributed by atoms with Gasteiger partial charge >= 0.3 is 0 Å². The number of halogens is 1. The zero-order valence-corrected chi connectivity index (χ0v) is 20.7. The number of nitrogens with two attached hydrogens (primary N) is 1. The Morgan fingerprint density at radius 1 is 1.12 bits per heavy atom. The van der Waals surface area contributed by atoms with Gasteiger partial charge in [0, 0.05) is 45.2 Å². The van der Waals surface area contributed by atoms with E-state index >= 15 is 0 Å². The highest BCUT2D eigenvalue weighted by molar-refractivity contribution is 6.32. The second kappa shape index (κ2) is 10.4. The predicted octanol–water partition coefficient (Wildman–Crippen LogP) is 3.79. The van der Waals surface area contributed by atoms with Gasteiger partial charge in [-0.25, -0.2) is 9.97 Å². The standard InChI is InChI=1S/C25H35ClN6O/c1-4-20-16-31(25-23(26)28-22(18(3)33)24(27)29-25)13-14-32(20)21-9-11-30(12-10-21)15-19-7-5-17(2)6-8-19/h5-8,20-21H,4,9-16H2,1-3H3,(H2,27,29). The van der Waals surface area contributed by atoms with Gasteiger partial charge in [-0.15, -0.1) is 0 Å². The molecule has 0 saturated carbocycles. The van der Waals surface area contributed by atoms with Crippen LogP contribution in [0.1, 0.15) is 54.7 Å². The summed E-state index contributed by atoms with van der Waals surface area (Å²) in [4.78, 5) is 27.8. The van der Waals surface area contributed by atoms with Crippen molar-refractivity contribution >= 4 is 29.0 Å². The summed E-state index contributed by atoms with van der Waals surface area (Å²) < 4.78 is 0. The lowest BCUT2D eigenvalue weighted by Crippen LogP contribution is -2.58. The average molecular weight is 471 g/mol. The minimum absolute atomic E-state index is 0.145. The molecule has 178 valence electrons. The van der Waals surface area contributed by atoms with Crippen molar-refractivity contribution in [1.29, 1.82) is 0 Å². The van der Waals surface area contributed by atoms with Crippen LogP contribution < -0.4 is 10.6 Å². The SMILES string of the molecule is CCC1CN(c2nc(N)c(C(C)=O)nc2Cl)CCN1C1CCN(Cc2ccc(C)cc2)CC1. The van der Waals surface area contributed by atoms with Crippen molar-refractivity contribution in [2.45, 2.75) is 58.7 Å². The second-order valence-corrected chi connectivity index (χ2v) is 9.72. The van der Waals surface area contributed by atoms with Crippen molar-refractivity contribution in [3.63, 3.8) is 0 Å². The van der Waals surface area contributed by atoms with Crippen LogP contribution in [-0.2, 0) is 6.54 Å². The lowest BCUT2D eigenvalue weighted by atomic mass is 9.98. The lowest BCUT2D eigenvalue weighted by Gasteiger charge is -2.47. The minimum Gasteiger partial charge on any atom is -0.382 e. The summed E-state index contributed by atoms with van der Waals surface area (Å²) in [6, 6.07) is 9.93. The third-order valence-corrected chi connectivity index (χ3v) is 7.30. The number of benzene rings is 1. The molecule has 2 fully saturated rings. The number of Topliss-reactive ketones (excluding diaryl/α,β-unsaturated/α-hetero) is 1. The zero-order valence-electron chi connectivity index (χ0n) is 19.9. The third kappa shape index (κ3) is 5.48. The highest BCUT2D eigenvalue weighted by Crippen LogP contribution is 2.30. The van der Waals surface area contributed by atoms with Crippen LogP contribution in [0, 0.1) is 6.92 Å². The van der Waals surface area contributed by atoms with Gasteiger partial charge in [0.2, 0.25) is 0 Å². The molecule has 7 nitrogen and oxygen atoms in total. The molecule has 2 saturated heterocycles. The van der Waals surface area contributed by atoms with Crippen LogP contribution in [0.25, 0.3) is 0 Å². The van der Waals surface area contributed by atoms with Crippen molar-refractivity contribution in [3.05, 3.63) is 46.2 Å². The van der Waals surface area contributed by atoms with Gasteiger partial charge in [-0.2, -0.15) is 0 Å². The molecule has 1 aromatic carbocycles. The van der Waals surface area contributed by atoms with Gasteiger partial charge in [-0.1, -0.05) is 48.4 Å². The fourth-order valence-electron chi connectivity index (χ4n) is 5.15. The van der Waals surface area contributed by atoms with Crippen molar-refractivity contribution in [3.8, 4) is 0 Å². The number of anilines is 2. The number of nitrogen functional groups attached to an aromatic ring is 1. The molecule has 0 amide bonds. The number of rotatable bonds is 6. The van der Waals surface area contributed by atoms with E-state index in [0.29, 0.717) is 17.9 Å². The monoisotopic (exact) mass is 470 g/mol. The van der Waals surface area contributed by atoms with Crippen molar-refractivity contribution in [2.24, 2.45) is 0 Å². The van der Waals surface area contributed by atoms with Gasteiger partial charge in [0.25, 0.3) is 0 Å². The number of ketones is 1. The van der Waals surface area contributed by atoms with Crippen LogP contribution in [0.3, 0.4) is 0 Å². The first-order valence-corrected chi connectivity index (χ1v) is 12.4. The van der Waals surface area contributed by atoms with E-state index in [1.807, 2.05) is 0 Å². The number of carbonyl (C=O) groups is 1. The van der Waals surface area contributed by atoms with Crippen LogP contribution in [0.4, 0.5) is 11.6 Å². The van der Waals surface area contributed by atoms with E-state index in [0.717, 1.165) is 45.7 Å². The number of aryl methyl sites for hydroxylation is 1. The van der Waals surface area contributed by atoms with E-state index in [1.165, 1.54) is 30.9 Å². The molecule has 0 aliphatic carbocycles. The van der Waals surface area contributed by atoms with Gasteiger partial charge in [0.15, 0.2) is 22.6 Å². The zero-order chi connectivity index (χ0) is 23.5. The number of likely N-dealkylation sites (tertiary alicyclic amines) is 1. The maximum atomic E-state index is 11.7. The summed E-state index contributed by atoms with van der Waals surface area (Å²) >= 11 is 6.40. The topological polar surface area (TPSA) is 78.6 Å². The Morgan fingerprint density at radius 3 is 2.45 bits per heavy atom. The van der Waals surface area contributed by atoms with Crippen LogP contribution in [0.5, 0.6) is 0 Å². The first kappa shape index (κ1) is 23.9. The smallest absolute Gasteiger partial charge is 0.181 e. The molecule has 1 atom stereocenters. The number of nitrogens with zero attached hydrogens (tertiary/aromatic N) is 5. The van der Waals surface area contributed by atoms with E-state index in [2.05, 4.69) is 62.8 Å². The molecule has 0 bridgehead atoms. The number of carbonyl (C=O) groups excluding carboxylic acids is 1. The quantitative estimate of drug-likeness (QED) is 0.643. The van der Waals surface area contributed by atoms with Gasteiger partial charge in [0.1, 0.15) is 5.69 Å². The molecule has 33 heavy (non-hydrogen) atoms. The van der Waals surface area contributed by atoms with Crippen molar-refractivity contribution in [2.75, 3.05) is 43.4 Å². The first-order chi connectivity index (χ1) is 15.9. The van der Waals surface area contributed by atoms with Crippen LogP contribution in [0.15, 0.2) is 24.3 Å². The van der Waals surface area contributed by atoms with Gasteiger partial charge in [-0.05, 0) is 44.8 Å². The average Bonchev–Trinajstić information content (AvgIpc) is 2.82. The largest absolute Gasteiger partial charge is 0.382 e. The summed E-state index contributed by atoms with van der Waals surface area (Å²) in [5, 5.41) is 0.252. The normalized spacial score (nSPS) is 20.8. The molecule has 2 N–H and O–H groups in total. The number of hydrogen-bond donors (Lipinski definition) is 1. The van der Waals surface area contributed by atoms with Gasteiger partial charge < -0.3 is 10.6 Å². The second-order valence-electron chi connectivity index (χ2n) is 9.37. The number of piperidine rings is 1. The Hall–Kier alpha value is -2.22. The predicted molar refractivity (Wildman–Crippen MR) is 134 cm³/mol. The van der Waals surface area contributed by atoms with E-state index in [1.54, 1.807) is 0 Å². The molecule has 1 aromatic heterocycles. The Labute approximate surface area is 201 Å². The van der Waals surface area contributed by atoms with E-state index in [9.17, 15) is 4.79 Å². The van der Waals surface area contributed by atoms with Crippen LogP contribution in [-0.4, -0.2) is 70.4 Å². The molecule has 3 heterocycles. The Morgan fingerprint density at radius 2 is 1.82 bits per heavy atom. The number of aromatic nitrogens is 2. The molecule has 2 aliphatic heterocycles. The molecular weight excluding hydrogens is 436 g/mol. The molecular formula is C25H35ClN6O. The maximum Gasteiger partial charge on any atom is 0.181 e. The highest BCUT2D eigenvalue weighted by Gasteiger charge is 2.34. The maximum absolute atomic E-state index is 11.7. The number of piperazine rings is 1. The Bertz CT molecular complexity index is 974. The molecule has 2 aromatic rings. The fourth-order valence-corrected chi connectivity index (χ4v) is 5.39. The first-order valence-electron chi connectivity index (χ1n) is 12.0. The summed E-state index contributed by atoms with van der Waals surface area (Å²) in [6.45, 7) is 11.7. The molecule has 1 unspecified atom stereocenters. The van der Waals surface area contributed by atoms with Crippen molar-refractivity contribution in [1.82, 2.24) is 19.8 Å². The molecule has 8 heteroatoms. The van der Waals surface area contributed by atoms with Crippen LogP contribution >= 0.6 is 11.6 Å². The summed E-state index contributed by atoms with van der Waals surface area (Å²) in [7, 11) is 0. The van der Waals surface area contributed by atoms with E-state index < -0.39 is 0 Å². The molecule has 4 rings (SSSR count). The molecule has 2 aliphatic rings. The van der Waals surface area contributed by atoms with E-state index in [-0.39, 0.29) is 22.4 Å². The van der Waals surface area contributed by atoms with Gasteiger partial charge in [0.05, 0.1) is 0 Å². The fraction of sp³-hybridized carbons (Fsp3) is 0.560. The summed E-state index contributed by atoms with van der Waals surface area (Å²) in [6.07, 6.45) is 3.46. The highest BCUT2D eigenvalue weighted by atomic mass is 35.5. The number of hydrogen-bond acceptors (Lipinski definition) is 7. The summed E-state index contributed by atoms with van der Waals surface area (Å²) in [5.74, 6) is 0.516. The lowest BCUT2D eigenvalue weighted by molar-refractivity contribution is 0.0610. The third-order valence-electron chi connectivity index (χ3n) is 7.05. The van der Waals surface area contributed by atoms with Crippen LogP contribution in [0.2, 0.25) is 5.15 Å². The summed E-state index contributed by atoms with van der Waals surface area (Å²) in [5.41, 5.74) is 8.84. The Balaban J connectivity index is 1.36. The molecule has 0 radical (unpaired) electrons. The Kier molecular flexibility index (Phi) is 7.51. The van der Waals surface area contributed by atoms with Crippen molar-refractivity contribution < 1.29 is 4.79 Å². The van der Waals surface area contributed by atoms with Gasteiger partial charge in [-0.3, -0.25) is 14.6 Å². The minimum atomic E-state index is -0.224. The van der Waals surface area contributed by atoms with E-state index in [4.69, 9.17) is 17.3 Å². The molecule has 0 spiro atoms.